The van der Waals surface area contributed by atoms with Crippen LogP contribution in [0.5, 0.6) is 0 Å². The Morgan fingerprint density at radius 3 is 2.57 bits per heavy atom. The van der Waals surface area contributed by atoms with E-state index in [-0.39, 0.29) is 0 Å². The summed E-state index contributed by atoms with van der Waals surface area (Å²) in [6.07, 6.45) is 0. The molecule has 0 spiro atoms. The number of aliphatic imine (C=N–C) groups is 1. The summed E-state index contributed by atoms with van der Waals surface area (Å²) in [6, 6.07) is 0. The van der Waals surface area contributed by atoms with Crippen molar-refractivity contribution in [1.29, 1.82) is 0 Å². The number of rotatable bonds is 3. The molecule has 0 saturated carbocycles. The molecule has 0 amide bonds. The number of nitrogens with zero attached hydrogens (tertiary/aromatic N) is 1. The van der Waals surface area contributed by atoms with Crippen molar-refractivity contribution in [2.45, 2.75) is 6.92 Å². The fourth-order valence-electron chi connectivity index (χ4n) is 0.295. The molecule has 0 aromatic heterocycles. The van der Waals surface area contributed by atoms with Gasteiger partial charge < -0.3 is 10.7 Å². The first kappa shape index (κ1) is 6.63. The van der Waals surface area contributed by atoms with Crippen molar-refractivity contribution in [2.24, 2.45) is 16.6 Å². The molecule has 0 saturated heterocycles. The zero-order valence-electron chi connectivity index (χ0n) is 4.72. The van der Waals surface area contributed by atoms with Gasteiger partial charge in [-0.3, -0.25) is 0 Å². The van der Waals surface area contributed by atoms with Gasteiger partial charge in [0.25, 0.3) is 0 Å². The van der Waals surface area contributed by atoms with Gasteiger partial charge in [0, 0.05) is 6.54 Å². The van der Waals surface area contributed by atoms with Crippen LogP contribution >= 0.6 is 0 Å². The second-order valence-corrected chi connectivity index (χ2v) is 1.75. The van der Waals surface area contributed by atoms with Crippen molar-refractivity contribution in [3.63, 3.8) is 0 Å². The standard InChI is InChI=1S/C5H12N2/c1-5(3-6)4-7-2/h5H,2-4,6H2,1H3. The Bertz CT molecular complexity index is 52.0. The fraction of sp³-hybridized carbons (Fsp3) is 0.800. The maximum absolute atomic E-state index is 5.27. The third kappa shape index (κ3) is 3.46. The van der Waals surface area contributed by atoms with Crippen molar-refractivity contribution in [2.75, 3.05) is 13.1 Å². The van der Waals surface area contributed by atoms with Crippen LogP contribution in [0.15, 0.2) is 4.99 Å². The zero-order chi connectivity index (χ0) is 5.70. The predicted octanol–water partition coefficient (Wildman–Crippen LogP) is 0.282. The van der Waals surface area contributed by atoms with E-state index in [1.165, 1.54) is 0 Å². The van der Waals surface area contributed by atoms with Crippen molar-refractivity contribution in [1.82, 2.24) is 0 Å². The van der Waals surface area contributed by atoms with Gasteiger partial charge in [-0.2, -0.15) is 0 Å². The molecule has 2 N–H and O–H groups in total. The van der Waals surface area contributed by atoms with Crippen LogP contribution in [0.2, 0.25) is 0 Å². The highest BCUT2D eigenvalue weighted by Crippen LogP contribution is 1.88. The molecule has 0 aromatic rings. The minimum Gasteiger partial charge on any atom is -0.330 e. The smallest absolute Gasteiger partial charge is 0.0419 e. The number of nitrogens with two attached hydrogens (primary N) is 1. The van der Waals surface area contributed by atoms with Crippen LogP contribution in [0.3, 0.4) is 0 Å². The molecule has 0 aliphatic heterocycles. The summed E-state index contributed by atoms with van der Waals surface area (Å²) in [5, 5.41) is 0. The molecule has 2 heteroatoms. The summed E-state index contributed by atoms with van der Waals surface area (Å²) in [4.78, 5) is 3.68. The third-order valence-electron chi connectivity index (χ3n) is 0.843. The summed E-state index contributed by atoms with van der Waals surface area (Å²) >= 11 is 0. The van der Waals surface area contributed by atoms with Crippen LogP contribution < -0.4 is 5.73 Å². The Kier molecular flexibility index (Phi) is 3.61. The molecule has 1 atom stereocenters. The quantitative estimate of drug-likeness (QED) is 0.508. The maximum atomic E-state index is 5.27. The van der Waals surface area contributed by atoms with Gasteiger partial charge in [-0.15, -0.1) is 0 Å². The highest BCUT2D eigenvalue weighted by Gasteiger charge is 1.91. The summed E-state index contributed by atoms with van der Waals surface area (Å²) in [6.45, 7) is 6.89. The van der Waals surface area contributed by atoms with Gasteiger partial charge >= 0.3 is 0 Å². The van der Waals surface area contributed by atoms with Crippen LogP contribution in [0.25, 0.3) is 0 Å². The maximum Gasteiger partial charge on any atom is 0.0419 e. The lowest BCUT2D eigenvalue weighted by Crippen LogP contribution is -2.12. The largest absolute Gasteiger partial charge is 0.330 e. The van der Waals surface area contributed by atoms with Gasteiger partial charge in [0.05, 0.1) is 0 Å². The summed E-state index contributed by atoms with van der Waals surface area (Å²) in [5.74, 6) is 0.498. The van der Waals surface area contributed by atoms with E-state index in [1.807, 2.05) is 0 Å². The SMILES string of the molecule is C=NCC(C)CN. The van der Waals surface area contributed by atoms with Crippen LogP contribution in [0.4, 0.5) is 0 Å². The van der Waals surface area contributed by atoms with Gasteiger partial charge in [0.1, 0.15) is 0 Å². The van der Waals surface area contributed by atoms with Gasteiger partial charge in [-0.05, 0) is 19.2 Å². The van der Waals surface area contributed by atoms with E-state index in [0.717, 1.165) is 6.54 Å². The molecule has 0 aliphatic carbocycles. The molecule has 0 rings (SSSR count). The number of hydrogen-bond donors (Lipinski definition) is 1. The Labute approximate surface area is 44.4 Å². The van der Waals surface area contributed by atoms with Crippen molar-refractivity contribution in [3.05, 3.63) is 0 Å². The number of hydrogen-bond acceptors (Lipinski definition) is 2. The molecule has 0 aromatic carbocycles. The van der Waals surface area contributed by atoms with E-state index in [9.17, 15) is 0 Å². The fourth-order valence-corrected chi connectivity index (χ4v) is 0.295. The minimum atomic E-state index is 0.498. The Morgan fingerprint density at radius 2 is 2.43 bits per heavy atom. The first-order valence-electron chi connectivity index (χ1n) is 2.43. The highest BCUT2D eigenvalue weighted by molar-refractivity contribution is 5.23. The lowest BCUT2D eigenvalue weighted by molar-refractivity contribution is 0.612. The Morgan fingerprint density at radius 1 is 1.86 bits per heavy atom. The lowest BCUT2D eigenvalue weighted by Gasteiger charge is -1.99. The normalized spacial score (nSPS) is 13.4. The minimum absolute atomic E-state index is 0.498. The van der Waals surface area contributed by atoms with E-state index in [1.54, 1.807) is 0 Å². The average Bonchev–Trinajstić information content (AvgIpc) is 1.68. The molecular formula is C5H12N2. The first-order chi connectivity index (χ1) is 3.31. The van der Waals surface area contributed by atoms with E-state index >= 15 is 0 Å². The van der Waals surface area contributed by atoms with Crippen LogP contribution in [-0.2, 0) is 0 Å². The Hall–Kier alpha value is -0.370. The topological polar surface area (TPSA) is 38.4 Å². The molecule has 0 aliphatic rings. The Balaban J connectivity index is 2.98. The van der Waals surface area contributed by atoms with Crippen molar-refractivity contribution < 1.29 is 0 Å². The van der Waals surface area contributed by atoms with Gasteiger partial charge in [0.2, 0.25) is 0 Å². The first-order valence-corrected chi connectivity index (χ1v) is 2.43. The monoisotopic (exact) mass is 100 g/mol. The van der Waals surface area contributed by atoms with Crippen LogP contribution in [0.1, 0.15) is 6.92 Å². The molecule has 0 bridgehead atoms. The second-order valence-electron chi connectivity index (χ2n) is 1.75. The van der Waals surface area contributed by atoms with E-state index < -0.39 is 0 Å². The molecule has 0 heterocycles. The van der Waals surface area contributed by atoms with Crippen molar-refractivity contribution >= 4 is 6.72 Å². The lowest BCUT2D eigenvalue weighted by atomic mass is 10.2. The second kappa shape index (κ2) is 3.81. The van der Waals surface area contributed by atoms with E-state index in [2.05, 4.69) is 18.6 Å². The molecule has 1 unspecified atom stereocenters. The molecule has 7 heavy (non-hydrogen) atoms. The third-order valence-corrected chi connectivity index (χ3v) is 0.843. The highest BCUT2D eigenvalue weighted by atomic mass is 14.7. The molecule has 42 valence electrons. The van der Waals surface area contributed by atoms with Gasteiger partial charge in [-0.1, -0.05) is 6.92 Å². The predicted molar refractivity (Wildman–Crippen MR) is 32.6 cm³/mol. The average molecular weight is 100 g/mol. The van der Waals surface area contributed by atoms with E-state index in [4.69, 9.17) is 5.73 Å². The van der Waals surface area contributed by atoms with Gasteiger partial charge in [-0.25, -0.2) is 0 Å². The summed E-state index contributed by atoms with van der Waals surface area (Å²) in [7, 11) is 0. The van der Waals surface area contributed by atoms with Gasteiger partial charge in [0.15, 0.2) is 0 Å². The molecule has 0 radical (unpaired) electrons. The van der Waals surface area contributed by atoms with E-state index in [0.29, 0.717) is 12.5 Å². The van der Waals surface area contributed by atoms with Crippen molar-refractivity contribution in [3.8, 4) is 0 Å². The molecule has 2 nitrogen and oxygen atoms in total. The van der Waals surface area contributed by atoms with Crippen LogP contribution in [-0.4, -0.2) is 19.8 Å². The van der Waals surface area contributed by atoms with Crippen LogP contribution in [0, 0.1) is 5.92 Å². The molecular weight excluding hydrogens is 88.1 g/mol. The summed E-state index contributed by atoms with van der Waals surface area (Å²) < 4.78 is 0. The molecule has 0 fully saturated rings. The summed E-state index contributed by atoms with van der Waals surface area (Å²) in [5.41, 5.74) is 5.27. The zero-order valence-corrected chi connectivity index (χ0v) is 4.72.